The van der Waals surface area contributed by atoms with E-state index in [1.165, 1.54) is 11.3 Å². The van der Waals surface area contributed by atoms with E-state index < -0.39 is 0 Å². The Bertz CT molecular complexity index is 756. The molecule has 1 aliphatic carbocycles. The van der Waals surface area contributed by atoms with Crippen molar-refractivity contribution in [3.8, 4) is 5.75 Å². The van der Waals surface area contributed by atoms with Gasteiger partial charge in [-0.2, -0.15) is 0 Å². The van der Waals surface area contributed by atoms with E-state index in [1.54, 1.807) is 7.11 Å². The normalized spacial score (nSPS) is 25.7. The number of carbonyl (C=O) groups is 1. The molecule has 2 aromatic carbocycles. The molecule has 3 nitrogen and oxygen atoms in total. The first-order chi connectivity index (χ1) is 12.7. The molecule has 0 bridgehead atoms. The van der Waals surface area contributed by atoms with E-state index in [1.807, 2.05) is 12.1 Å². The van der Waals surface area contributed by atoms with Gasteiger partial charge in [0.1, 0.15) is 11.5 Å². The fourth-order valence-electron chi connectivity index (χ4n) is 4.88. The van der Waals surface area contributed by atoms with Crippen molar-refractivity contribution in [1.29, 1.82) is 0 Å². The van der Waals surface area contributed by atoms with E-state index in [0.717, 1.165) is 50.9 Å². The molecule has 0 amide bonds. The third-order valence-electron chi connectivity index (χ3n) is 6.33. The lowest BCUT2D eigenvalue weighted by Crippen LogP contribution is -2.52. The second-order valence-electron chi connectivity index (χ2n) is 7.87. The molecule has 0 N–H and O–H groups in total. The Morgan fingerprint density at radius 1 is 1.12 bits per heavy atom. The summed E-state index contributed by atoms with van der Waals surface area (Å²) in [5.41, 5.74) is 2.85. The maximum Gasteiger partial charge on any atom is 0.133 e. The van der Waals surface area contributed by atoms with Crippen LogP contribution >= 0.6 is 0 Å². The number of nitrogens with zero attached hydrogens (tertiary/aromatic N) is 1. The molecule has 1 aliphatic heterocycles. The molecular weight excluding hydrogens is 322 g/mol. The van der Waals surface area contributed by atoms with Gasteiger partial charge in [-0.1, -0.05) is 30.3 Å². The molecule has 2 fully saturated rings. The number of ketones is 1. The zero-order valence-corrected chi connectivity index (χ0v) is 15.5. The van der Waals surface area contributed by atoms with Gasteiger partial charge >= 0.3 is 0 Å². The van der Waals surface area contributed by atoms with Gasteiger partial charge in [0, 0.05) is 31.6 Å². The van der Waals surface area contributed by atoms with Gasteiger partial charge < -0.3 is 9.64 Å². The average Bonchev–Trinajstić information content (AvgIpc) is 2.69. The van der Waals surface area contributed by atoms with E-state index in [4.69, 9.17) is 4.74 Å². The molecule has 2 aromatic rings. The number of benzene rings is 2. The molecule has 2 unspecified atom stereocenters. The van der Waals surface area contributed by atoms with Gasteiger partial charge in [0.2, 0.25) is 0 Å². The number of carbonyl (C=O) groups excluding carboxylic acids is 1. The first-order valence-electron chi connectivity index (χ1n) is 9.63. The van der Waals surface area contributed by atoms with Gasteiger partial charge in [0.05, 0.1) is 7.11 Å². The van der Waals surface area contributed by atoms with Crippen molar-refractivity contribution >= 4 is 11.5 Å². The summed E-state index contributed by atoms with van der Waals surface area (Å²) in [4.78, 5) is 14.6. The van der Waals surface area contributed by atoms with Crippen LogP contribution in [-0.2, 0) is 11.2 Å². The topological polar surface area (TPSA) is 29.5 Å². The number of fused-ring (bicyclic) bond motifs is 1. The second-order valence-corrected chi connectivity index (χ2v) is 7.87. The predicted octanol–water partition coefficient (Wildman–Crippen LogP) is 4.50. The lowest BCUT2D eigenvalue weighted by molar-refractivity contribution is -0.125. The number of hydrogen-bond acceptors (Lipinski definition) is 3. The van der Waals surface area contributed by atoms with Crippen molar-refractivity contribution in [1.82, 2.24) is 0 Å². The molecule has 1 saturated heterocycles. The van der Waals surface area contributed by atoms with Crippen LogP contribution in [0.3, 0.4) is 0 Å². The highest BCUT2D eigenvalue weighted by Crippen LogP contribution is 2.48. The lowest BCUT2D eigenvalue weighted by Gasteiger charge is -2.51. The van der Waals surface area contributed by atoms with Gasteiger partial charge in [-0.05, 0) is 60.4 Å². The van der Waals surface area contributed by atoms with Crippen LogP contribution in [0, 0.1) is 11.3 Å². The molecule has 1 saturated carbocycles. The first kappa shape index (κ1) is 17.1. The minimum Gasteiger partial charge on any atom is -0.497 e. The molecule has 1 heterocycles. The molecular formula is C23H27NO2. The fourth-order valence-corrected chi connectivity index (χ4v) is 4.88. The standard InChI is InChI=1S/C23H27NO2/c1-26-22-9-7-20(8-10-22)24-14-12-19-15-21(25)11-13-23(19,17-24)16-18-5-3-2-4-6-18/h2-10,19H,11-17H2,1H3. The van der Waals surface area contributed by atoms with E-state index in [2.05, 4.69) is 47.4 Å². The third-order valence-corrected chi connectivity index (χ3v) is 6.33. The molecule has 136 valence electrons. The van der Waals surface area contributed by atoms with Crippen LogP contribution in [0.5, 0.6) is 5.75 Å². The van der Waals surface area contributed by atoms with Crippen molar-refractivity contribution in [2.75, 3.05) is 25.1 Å². The molecule has 2 atom stereocenters. The highest BCUT2D eigenvalue weighted by atomic mass is 16.5. The van der Waals surface area contributed by atoms with Crippen molar-refractivity contribution in [2.45, 2.75) is 32.1 Å². The van der Waals surface area contributed by atoms with Crippen LogP contribution in [0.4, 0.5) is 5.69 Å². The summed E-state index contributed by atoms with van der Waals surface area (Å²) in [6.45, 7) is 2.06. The minimum atomic E-state index is 0.202. The Kier molecular flexibility index (Phi) is 4.71. The van der Waals surface area contributed by atoms with Gasteiger partial charge in [0.25, 0.3) is 0 Å². The number of Topliss-reactive ketones (excluding diaryl/α,β-unsaturated/α-hetero) is 1. The van der Waals surface area contributed by atoms with Gasteiger partial charge in [0.15, 0.2) is 0 Å². The molecule has 4 rings (SSSR count). The zero-order valence-electron chi connectivity index (χ0n) is 15.5. The minimum absolute atomic E-state index is 0.202. The Hall–Kier alpha value is -2.29. The number of piperidine rings is 1. The third kappa shape index (κ3) is 3.35. The summed E-state index contributed by atoms with van der Waals surface area (Å²) >= 11 is 0. The monoisotopic (exact) mass is 349 g/mol. The second kappa shape index (κ2) is 7.14. The predicted molar refractivity (Wildman–Crippen MR) is 105 cm³/mol. The number of methoxy groups -OCH3 is 1. The quantitative estimate of drug-likeness (QED) is 0.814. The molecule has 2 aliphatic rings. The van der Waals surface area contributed by atoms with Crippen LogP contribution in [0.1, 0.15) is 31.2 Å². The summed E-state index contributed by atoms with van der Waals surface area (Å²) < 4.78 is 5.30. The Balaban J connectivity index is 1.60. The average molecular weight is 349 g/mol. The van der Waals surface area contributed by atoms with E-state index in [-0.39, 0.29) is 5.41 Å². The number of anilines is 1. The van der Waals surface area contributed by atoms with Crippen LogP contribution in [-0.4, -0.2) is 26.0 Å². The van der Waals surface area contributed by atoms with E-state index in [0.29, 0.717) is 11.7 Å². The smallest absolute Gasteiger partial charge is 0.133 e. The summed E-state index contributed by atoms with van der Waals surface area (Å²) in [5.74, 6) is 1.86. The van der Waals surface area contributed by atoms with Crippen molar-refractivity contribution in [2.24, 2.45) is 11.3 Å². The highest BCUT2D eigenvalue weighted by molar-refractivity contribution is 5.79. The van der Waals surface area contributed by atoms with Crippen molar-refractivity contribution in [3.63, 3.8) is 0 Å². The van der Waals surface area contributed by atoms with E-state index in [9.17, 15) is 4.79 Å². The summed E-state index contributed by atoms with van der Waals surface area (Å²) in [6.07, 6.45) is 4.68. The van der Waals surface area contributed by atoms with E-state index >= 15 is 0 Å². The Morgan fingerprint density at radius 2 is 1.88 bits per heavy atom. The van der Waals surface area contributed by atoms with Gasteiger partial charge in [-0.3, -0.25) is 4.79 Å². The largest absolute Gasteiger partial charge is 0.497 e. The Morgan fingerprint density at radius 3 is 2.62 bits per heavy atom. The molecule has 0 spiro atoms. The maximum absolute atomic E-state index is 12.1. The molecule has 0 radical (unpaired) electrons. The molecule has 26 heavy (non-hydrogen) atoms. The summed E-state index contributed by atoms with van der Waals surface area (Å²) in [5, 5.41) is 0. The zero-order chi connectivity index (χ0) is 18.0. The number of hydrogen-bond donors (Lipinski definition) is 0. The highest BCUT2D eigenvalue weighted by Gasteiger charge is 2.46. The van der Waals surface area contributed by atoms with Crippen molar-refractivity contribution < 1.29 is 9.53 Å². The first-order valence-corrected chi connectivity index (χ1v) is 9.63. The maximum atomic E-state index is 12.1. The lowest BCUT2D eigenvalue weighted by atomic mass is 9.60. The Labute approximate surface area is 156 Å². The summed E-state index contributed by atoms with van der Waals surface area (Å²) in [6, 6.07) is 19.2. The van der Waals surface area contributed by atoms with Crippen molar-refractivity contribution in [3.05, 3.63) is 60.2 Å². The molecule has 0 aromatic heterocycles. The fraction of sp³-hybridized carbons (Fsp3) is 0.435. The number of rotatable bonds is 4. The van der Waals surface area contributed by atoms with Gasteiger partial charge in [-0.15, -0.1) is 0 Å². The van der Waals surface area contributed by atoms with Crippen LogP contribution < -0.4 is 9.64 Å². The van der Waals surface area contributed by atoms with Gasteiger partial charge in [-0.25, -0.2) is 0 Å². The summed E-state index contributed by atoms with van der Waals surface area (Å²) in [7, 11) is 1.70. The number of ether oxygens (including phenoxy) is 1. The van der Waals surface area contributed by atoms with Crippen LogP contribution in [0.15, 0.2) is 54.6 Å². The SMILES string of the molecule is COc1ccc(N2CCC3CC(=O)CCC3(Cc3ccccc3)C2)cc1. The van der Waals surface area contributed by atoms with Crippen LogP contribution in [0.25, 0.3) is 0 Å². The molecule has 3 heteroatoms. The van der Waals surface area contributed by atoms with Crippen LogP contribution in [0.2, 0.25) is 0 Å².